The maximum Gasteiger partial charge on any atom is 0.141 e. The van der Waals surface area contributed by atoms with Crippen LogP contribution in [0.3, 0.4) is 0 Å². The predicted molar refractivity (Wildman–Crippen MR) is 88.4 cm³/mol. The molecule has 3 nitrogen and oxygen atoms in total. The van der Waals surface area contributed by atoms with Crippen LogP contribution in [0.5, 0.6) is 0 Å². The molecule has 5 heteroatoms. The molecule has 3 heterocycles. The molecule has 1 aromatic carbocycles. The van der Waals surface area contributed by atoms with Crippen molar-refractivity contribution in [1.82, 2.24) is 14.9 Å². The number of hydrogen-bond acceptors (Lipinski definition) is 2. The first kappa shape index (κ1) is 13.4. The van der Waals surface area contributed by atoms with Crippen LogP contribution >= 0.6 is 23.2 Å². The van der Waals surface area contributed by atoms with Gasteiger partial charge < -0.3 is 9.88 Å². The largest absolute Gasteiger partial charge is 0.321 e. The summed E-state index contributed by atoms with van der Waals surface area (Å²) in [5.74, 6) is 0. The fourth-order valence-electron chi connectivity index (χ4n) is 3.29. The van der Waals surface area contributed by atoms with Crippen LogP contribution in [0, 0.1) is 0 Å². The number of hydrogen-bond donors (Lipinski definition) is 1. The molecule has 0 bridgehead atoms. The van der Waals surface area contributed by atoms with Crippen LogP contribution in [-0.4, -0.2) is 22.6 Å². The van der Waals surface area contributed by atoms with E-state index in [4.69, 9.17) is 23.2 Å². The molecular weight excluding hydrogens is 305 g/mol. The average Bonchev–Trinajstić information content (AvgIpc) is 2.81. The van der Waals surface area contributed by atoms with Crippen molar-refractivity contribution in [3.05, 3.63) is 40.5 Å². The van der Waals surface area contributed by atoms with Gasteiger partial charge in [0.25, 0.3) is 0 Å². The molecule has 1 saturated heterocycles. The Kier molecular flexibility index (Phi) is 3.29. The van der Waals surface area contributed by atoms with Crippen LogP contribution in [-0.2, 0) is 0 Å². The maximum atomic E-state index is 6.18. The number of aromatic nitrogens is 2. The van der Waals surface area contributed by atoms with Crippen molar-refractivity contribution in [2.75, 3.05) is 13.1 Å². The SMILES string of the molecule is Clc1ccc2c(c1)c1cc(Cl)cnc1n2[C@H]1CCCNC1. The highest BCUT2D eigenvalue weighted by Crippen LogP contribution is 2.35. The van der Waals surface area contributed by atoms with Crippen molar-refractivity contribution in [1.29, 1.82) is 0 Å². The molecule has 4 rings (SSSR count). The molecule has 0 saturated carbocycles. The van der Waals surface area contributed by atoms with E-state index in [1.165, 1.54) is 18.4 Å². The van der Waals surface area contributed by atoms with E-state index in [0.717, 1.165) is 34.5 Å². The van der Waals surface area contributed by atoms with Gasteiger partial charge in [0, 0.05) is 34.6 Å². The summed E-state index contributed by atoms with van der Waals surface area (Å²) >= 11 is 12.3. The monoisotopic (exact) mass is 319 g/mol. The average molecular weight is 320 g/mol. The third kappa shape index (κ3) is 2.20. The Hall–Kier alpha value is -1.29. The summed E-state index contributed by atoms with van der Waals surface area (Å²) in [6.45, 7) is 2.07. The van der Waals surface area contributed by atoms with Crippen molar-refractivity contribution in [3.63, 3.8) is 0 Å². The lowest BCUT2D eigenvalue weighted by atomic mass is 10.1. The molecule has 0 radical (unpaired) electrons. The Morgan fingerprint density at radius 3 is 2.81 bits per heavy atom. The first-order valence-electron chi connectivity index (χ1n) is 7.19. The summed E-state index contributed by atoms with van der Waals surface area (Å²) < 4.78 is 2.34. The normalized spacial score (nSPS) is 19.4. The Morgan fingerprint density at radius 2 is 2.00 bits per heavy atom. The lowest BCUT2D eigenvalue weighted by molar-refractivity contribution is 0.384. The Morgan fingerprint density at radius 1 is 1.14 bits per heavy atom. The lowest BCUT2D eigenvalue weighted by Gasteiger charge is -2.25. The van der Waals surface area contributed by atoms with Crippen molar-refractivity contribution in [2.24, 2.45) is 0 Å². The smallest absolute Gasteiger partial charge is 0.141 e. The highest BCUT2D eigenvalue weighted by atomic mass is 35.5. The fraction of sp³-hybridized carbons (Fsp3) is 0.312. The van der Waals surface area contributed by atoms with Gasteiger partial charge in [0.15, 0.2) is 0 Å². The van der Waals surface area contributed by atoms with Gasteiger partial charge in [-0.1, -0.05) is 23.2 Å². The molecule has 21 heavy (non-hydrogen) atoms. The van der Waals surface area contributed by atoms with Gasteiger partial charge in [0.05, 0.1) is 10.5 Å². The van der Waals surface area contributed by atoms with Crippen LogP contribution in [0.1, 0.15) is 18.9 Å². The molecule has 1 aliphatic rings. The van der Waals surface area contributed by atoms with E-state index in [9.17, 15) is 0 Å². The van der Waals surface area contributed by atoms with E-state index in [2.05, 4.69) is 20.9 Å². The molecule has 0 spiro atoms. The number of halogens is 2. The van der Waals surface area contributed by atoms with Gasteiger partial charge in [0.1, 0.15) is 5.65 Å². The van der Waals surface area contributed by atoms with Crippen molar-refractivity contribution < 1.29 is 0 Å². The summed E-state index contributed by atoms with van der Waals surface area (Å²) in [7, 11) is 0. The fourth-order valence-corrected chi connectivity index (χ4v) is 3.62. The number of piperidine rings is 1. The van der Waals surface area contributed by atoms with E-state index in [1.807, 2.05) is 18.2 Å². The van der Waals surface area contributed by atoms with Crippen LogP contribution < -0.4 is 5.32 Å². The molecule has 0 unspecified atom stereocenters. The summed E-state index contributed by atoms with van der Waals surface area (Å²) in [5, 5.41) is 7.07. The van der Waals surface area contributed by atoms with Gasteiger partial charge in [0.2, 0.25) is 0 Å². The van der Waals surface area contributed by atoms with Crippen molar-refractivity contribution in [3.8, 4) is 0 Å². The van der Waals surface area contributed by atoms with Crippen molar-refractivity contribution in [2.45, 2.75) is 18.9 Å². The second kappa shape index (κ2) is 5.16. The second-order valence-corrected chi connectivity index (χ2v) is 6.43. The molecule has 108 valence electrons. The molecule has 0 aliphatic carbocycles. The molecular formula is C16H15Cl2N3. The molecule has 3 aromatic rings. The first-order valence-corrected chi connectivity index (χ1v) is 7.95. The summed E-state index contributed by atoms with van der Waals surface area (Å²) in [5.41, 5.74) is 2.17. The van der Waals surface area contributed by atoms with Crippen LogP contribution in [0.15, 0.2) is 30.5 Å². The first-order chi connectivity index (χ1) is 10.2. The highest BCUT2D eigenvalue weighted by molar-refractivity contribution is 6.33. The predicted octanol–water partition coefficient (Wildman–Crippen LogP) is 4.42. The third-order valence-corrected chi connectivity index (χ3v) is 4.65. The highest BCUT2D eigenvalue weighted by Gasteiger charge is 2.21. The number of fused-ring (bicyclic) bond motifs is 3. The number of rotatable bonds is 1. The van der Waals surface area contributed by atoms with E-state index >= 15 is 0 Å². The van der Waals surface area contributed by atoms with E-state index < -0.39 is 0 Å². The lowest BCUT2D eigenvalue weighted by Crippen LogP contribution is -2.31. The minimum absolute atomic E-state index is 0.425. The van der Waals surface area contributed by atoms with Crippen molar-refractivity contribution >= 4 is 45.1 Å². The van der Waals surface area contributed by atoms with E-state index in [0.29, 0.717) is 11.1 Å². The third-order valence-electron chi connectivity index (χ3n) is 4.21. The Bertz CT molecular complexity index is 760. The van der Waals surface area contributed by atoms with E-state index in [1.54, 1.807) is 6.20 Å². The van der Waals surface area contributed by atoms with Gasteiger partial charge in [-0.25, -0.2) is 4.98 Å². The Labute approximate surface area is 132 Å². The molecule has 1 atom stereocenters. The quantitative estimate of drug-likeness (QED) is 0.719. The molecule has 1 fully saturated rings. The summed E-state index contributed by atoms with van der Waals surface area (Å²) in [4.78, 5) is 4.58. The minimum Gasteiger partial charge on any atom is -0.321 e. The number of benzene rings is 1. The zero-order valence-corrected chi connectivity index (χ0v) is 13.0. The summed E-state index contributed by atoms with van der Waals surface area (Å²) in [6.07, 6.45) is 4.07. The van der Waals surface area contributed by atoms with Crippen LogP contribution in [0.4, 0.5) is 0 Å². The zero-order valence-electron chi connectivity index (χ0n) is 11.4. The second-order valence-electron chi connectivity index (χ2n) is 5.56. The summed E-state index contributed by atoms with van der Waals surface area (Å²) in [6, 6.07) is 8.44. The van der Waals surface area contributed by atoms with Gasteiger partial charge in [-0.05, 0) is 43.7 Å². The van der Waals surface area contributed by atoms with Crippen LogP contribution in [0.2, 0.25) is 10.0 Å². The van der Waals surface area contributed by atoms with Gasteiger partial charge in [-0.3, -0.25) is 0 Å². The molecule has 1 aliphatic heterocycles. The zero-order chi connectivity index (χ0) is 14.4. The number of nitrogens with zero attached hydrogens (tertiary/aromatic N) is 2. The maximum absolute atomic E-state index is 6.18. The molecule has 2 aromatic heterocycles. The minimum atomic E-state index is 0.425. The molecule has 1 N–H and O–H groups in total. The number of nitrogens with one attached hydrogen (secondary N) is 1. The van der Waals surface area contributed by atoms with Gasteiger partial charge in [-0.2, -0.15) is 0 Å². The topological polar surface area (TPSA) is 29.9 Å². The number of pyridine rings is 1. The van der Waals surface area contributed by atoms with Crippen LogP contribution in [0.25, 0.3) is 21.9 Å². The molecule has 0 amide bonds. The Balaban J connectivity index is 2.06. The van der Waals surface area contributed by atoms with Gasteiger partial charge >= 0.3 is 0 Å². The standard InChI is InChI=1S/C16H15Cl2N3/c17-10-3-4-15-13(6-10)14-7-11(18)8-20-16(14)21(15)12-2-1-5-19-9-12/h3-4,6-8,12,19H,1-2,5,9H2/t12-/m0/s1. The van der Waals surface area contributed by atoms with E-state index in [-0.39, 0.29) is 0 Å². The van der Waals surface area contributed by atoms with Gasteiger partial charge in [-0.15, -0.1) is 0 Å².